The first-order valence-corrected chi connectivity index (χ1v) is 14.9. The van der Waals surface area contributed by atoms with Gasteiger partial charge in [-0.2, -0.15) is 0 Å². The molecule has 4 aromatic rings. The number of methoxy groups -OCH3 is 1. The number of fused-ring (bicyclic) bond motifs is 1. The molecule has 0 saturated heterocycles. The molecule has 3 aromatic heterocycles. The molecule has 0 atom stereocenters. The fourth-order valence-corrected chi connectivity index (χ4v) is 5.72. The predicted octanol–water partition coefficient (Wildman–Crippen LogP) is 5.09. The van der Waals surface area contributed by atoms with E-state index >= 15 is 0 Å². The van der Waals surface area contributed by atoms with Crippen molar-refractivity contribution >= 4 is 55.4 Å². The number of H-pyrrole nitrogens is 1. The van der Waals surface area contributed by atoms with Gasteiger partial charge < -0.3 is 20.4 Å². The lowest BCUT2D eigenvalue weighted by atomic mass is 10.2. The highest BCUT2D eigenvalue weighted by Gasteiger charge is 2.30. The van der Waals surface area contributed by atoms with Gasteiger partial charge in [-0.25, -0.2) is 32.2 Å². The number of anilines is 3. The normalized spacial score (nSPS) is 13.8. The molecule has 1 saturated carbocycles. The topological polar surface area (TPSA) is 139 Å². The van der Waals surface area contributed by atoms with Gasteiger partial charge in [0.2, 0.25) is 5.91 Å². The molecule has 10 nitrogen and oxygen atoms in total. The second kappa shape index (κ2) is 10.9. The van der Waals surface area contributed by atoms with Crippen LogP contribution < -0.4 is 10.6 Å². The minimum Gasteiger partial charge on any atom is -0.385 e. The molecular formula is C25H26F2N6O4S2. The van der Waals surface area contributed by atoms with Crippen molar-refractivity contribution in [3.8, 4) is 10.6 Å². The standard InChI is InChI=1S/C25H26F2N6O4S2/c1-37-9-3-4-15-12-38-25(28-15)14-7-8-16(18(10-14)39(2,35)36)29-17-11-19(31-24(34)13-5-6-13)30-22-20(17)32-23(33-22)21(26)27/h7-8,10-13,21H,3-6,9H2,1-2H3,(H3,29,30,31,32,33,34). The average molecular weight is 577 g/mol. The molecule has 1 aliphatic rings. The molecule has 14 heteroatoms. The highest BCUT2D eigenvalue weighted by Crippen LogP contribution is 2.36. The van der Waals surface area contributed by atoms with Gasteiger partial charge in [0.05, 0.1) is 22.0 Å². The van der Waals surface area contributed by atoms with E-state index in [-0.39, 0.29) is 45.1 Å². The number of amides is 1. The number of pyridine rings is 1. The van der Waals surface area contributed by atoms with Gasteiger partial charge in [-0.3, -0.25) is 4.79 Å². The summed E-state index contributed by atoms with van der Waals surface area (Å²) in [5, 5.41) is 8.32. The van der Waals surface area contributed by atoms with E-state index in [1.165, 1.54) is 23.5 Å². The largest absolute Gasteiger partial charge is 0.385 e. The summed E-state index contributed by atoms with van der Waals surface area (Å²) in [6, 6.07) is 6.30. The Hall–Kier alpha value is -3.49. The lowest BCUT2D eigenvalue weighted by Gasteiger charge is -2.14. The van der Waals surface area contributed by atoms with Gasteiger partial charge in [0, 0.05) is 42.9 Å². The van der Waals surface area contributed by atoms with Crippen LogP contribution in [-0.2, 0) is 25.8 Å². The summed E-state index contributed by atoms with van der Waals surface area (Å²) >= 11 is 1.41. The van der Waals surface area contributed by atoms with Crippen molar-refractivity contribution in [1.29, 1.82) is 0 Å². The highest BCUT2D eigenvalue weighted by molar-refractivity contribution is 7.90. The van der Waals surface area contributed by atoms with Gasteiger partial charge in [-0.05, 0) is 43.9 Å². The van der Waals surface area contributed by atoms with Crippen molar-refractivity contribution < 1.29 is 26.7 Å². The van der Waals surface area contributed by atoms with E-state index in [1.807, 2.05) is 5.38 Å². The summed E-state index contributed by atoms with van der Waals surface area (Å²) in [7, 11) is -2.08. The number of sulfone groups is 1. The maximum absolute atomic E-state index is 13.4. The lowest BCUT2D eigenvalue weighted by molar-refractivity contribution is -0.117. The van der Waals surface area contributed by atoms with E-state index in [0.29, 0.717) is 17.2 Å². The Morgan fingerprint density at radius 3 is 2.69 bits per heavy atom. The first-order valence-electron chi connectivity index (χ1n) is 12.2. The Morgan fingerprint density at radius 2 is 2.00 bits per heavy atom. The second-order valence-electron chi connectivity index (χ2n) is 9.29. The Kier molecular flexibility index (Phi) is 7.60. The molecule has 1 fully saturated rings. The van der Waals surface area contributed by atoms with Crippen LogP contribution in [0, 0.1) is 5.92 Å². The van der Waals surface area contributed by atoms with Crippen LogP contribution in [0.4, 0.5) is 26.0 Å². The Balaban J connectivity index is 1.51. The number of imidazole rings is 1. The third-order valence-electron chi connectivity index (χ3n) is 6.11. The van der Waals surface area contributed by atoms with E-state index in [1.54, 1.807) is 19.2 Å². The van der Waals surface area contributed by atoms with Gasteiger partial charge in [0.25, 0.3) is 6.43 Å². The van der Waals surface area contributed by atoms with E-state index in [2.05, 4.69) is 30.6 Å². The minimum absolute atomic E-state index is 0.00530. The number of thiazole rings is 1. The molecule has 5 rings (SSSR count). The molecule has 206 valence electrons. The number of aryl methyl sites for hydroxylation is 1. The molecule has 0 bridgehead atoms. The van der Waals surface area contributed by atoms with Gasteiger partial charge in [-0.1, -0.05) is 0 Å². The maximum Gasteiger partial charge on any atom is 0.295 e. The smallest absolute Gasteiger partial charge is 0.295 e. The zero-order valence-corrected chi connectivity index (χ0v) is 22.8. The molecule has 39 heavy (non-hydrogen) atoms. The molecule has 1 amide bonds. The van der Waals surface area contributed by atoms with Gasteiger partial charge in [0.15, 0.2) is 21.3 Å². The fourth-order valence-electron chi connectivity index (χ4n) is 4.01. The summed E-state index contributed by atoms with van der Waals surface area (Å²) in [6.45, 7) is 0.620. The van der Waals surface area contributed by atoms with Crippen molar-refractivity contribution in [3.63, 3.8) is 0 Å². The van der Waals surface area contributed by atoms with E-state index in [9.17, 15) is 22.0 Å². The molecule has 0 spiro atoms. The van der Waals surface area contributed by atoms with Crippen LogP contribution in [-0.4, -0.2) is 54.2 Å². The average Bonchev–Trinajstić information content (AvgIpc) is 3.47. The Labute approximate surface area is 227 Å². The summed E-state index contributed by atoms with van der Waals surface area (Å²) in [5.41, 5.74) is 2.05. The molecule has 0 unspecified atom stereocenters. The lowest BCUT2D eigenvalue weighted by Crippen LogP contribution is -2.14. The second-order valence-corrected chi connectivity index (χ2v) is 12.1. The number of halogens is 2. The van der Waals surface area contributed by atoms with Crippen molar-refractivity contribution in [2.45, 2.75) is 37.0 Å². The number of carbonyl (C=O) groups excluding carboxylic acids is 1. The maximum atomic E-state index is 13.4. The summed E-state index contributed by atoms with van der Waals surface area (Å²) in [5.74, 6) is -0.775. The molecule has 3 N–H and O–H groups in total. The quantitative estimate of drug-likeness (QED) is 0.210. The van der Waals surface area contributed by atoms with Crippen molar-refractivity contribution in [1.82, 2.24) is 19.9 Å². The Morgan fingerprint density at radius 1 is 1.21 bits per heavy atom. The number of benzene rings is 1. The third-order valence-corrected chi connectivity index (χ3v) is 8.18. The number of hydrogen-bond donors (Lipinski definition) is 3. The zero-order chi connectivity index (χ0) is 27.7. The number of rotatable bonds is 11. The monoisotopic (exact) mass is 576 g/mol. The summed E-state index contributed by atoms with van der Waals surface area (Å²) < 4.78 is 57.5. The molecule has 3 heterocycles. The summed E-state index contributed by atoms with van der Waals surface area (Å²) in [6.07, 6.45) is 1.32. The van der Waals surface area contributed by atoms with Crippen LogP contribution in [0.3, 0.4) is 0 Å². The van der Waals surface area contributed by atoms with Crippen LogP contribution in [0.15, 0.2) is 34.5 Å². The molecular weight excluding hydrogens is 550 g/mol. The van der Waals surface area contributed by atoms with Crippen molar-refractivity contribution in [3.05, 3.63) is 41.2 Å². The van der Waals surface area contributed by atoms with Crippen LogP contribution in [0.2, 0.25) is 0 Å². The molecule has 0 aliphatic heterocycles. The number of nitrogens with zero attached hydrogens (tertiary/aromatic N) is 3. The SMILES string of the molecule is COCCCc1csc(-c2ccc(Nc3cc(NC(=O)C4CC4)nc4[nH]c(C(F)F)nc34)c(S(C)(=O)=O)c2)n1. The van der Waals surface area contributed by atoms with E-state index in [0.717, 1.165) is 37.6 Å². The zero-order valence-electron chi connectivity index (χ0n) is 21.1. The Bertz CT molecular complexity index is 1630. The van der Waals surface area contributed by atoms with Crippen LogP contribution in [0.25, 0.3) is 21.7 Å². The van der Waals surface area contributed by atoms with Gasteiger partial charge in [-0.15, -0.1) is 11.3 Å². The van der Waals surface area contributed by atoms with Crippen LogP contribution in [0.1, 0.15) is 37.2 Å². The van der Waals surface area contributed by atoms with Gasteiger partial charge >= 0.3 is 0 Å². The number of ether oxygens (including phenoxy) is 1. The molecule has 1 aliphatic carbocycles. The van der Waals surface area contributed by atoms with Crippen LogP contribution >= 0.6 is 11.3 Å². The number of hydrogen-bond acceptors (Lipinski definition) is 9. The van der Waals surface area contributed by atoms with Gasteiger partial charge in [0.1, 0.15) is 16.3 Å². The van der Waals surface area contributed by atoms with E-state index < -0.39 is 22.1 Å². The number of aromatic nitrogens is 4. The van der Waals surface area contributed by atoms with Crippen molar-refractivity contribution in [2.24, 2.45) is 5.92 Å². The summed E-state index contributed by atoms with van der Waals surface area (Å²) in [4.78, 5) is 27.6. The molecule has 1 aromatic carbocycles. The number of nitrogens with one attached hydrogen (secondary N) is 3. The number of aromatic amines is 1. The molecule has 0 radical (unpaired) electrons. The fraction of sp³-hybridized carbons (Fsp3) is 0.360. The first-order chi connectivity index (χ1) is 18.6. The van der Waals surface area contributed by atoms with Crippen molar-refractivity contribution in [2.75, 3.05) is 30.6 Å². The first kappa shape index (κ1) is 27.1. The minimum atomic E-state index is -3.72. The highest BCUT2D eigenvalue weighted by atomic mass is 32.2. The number of alkyl halides is 2. The number of carbonyl (C=O) groups is 1. The van der Waals surface area contributed by atoms with Crippen LogP contribution in [0.5, 0.6) is 0 Å². The predicted molar refractivity (Wildman–Crippen MR) is 144 cm³/mol. The van der Waals surface area contributed by atoms with E-state index in [4.69, 9.17) is 4.74 Å². The third kappa shape index (κ3) is 6.23.